The van der Waals surface area contributed by atoms with Gasteiger partial charge in [-0.2, -0.15) is 0 Å². The zero-order valence-corrected chi connectivity index (χ0v) is 13.2. The van der Waals surface area contributed by atoms with Crippen molar-refractivity contribution in [2.24, 2.45) is 0 Å². The van der Waals surface area contributed by atoms with Crippen LogP contribution in [-0.4, -0.2) is 65.4 Å². The van der Waals surface area contributed by atoms with Crippen molar-refractivity contribution in [3.05, 3.63) is 0 Å². The van der Waals surface area contributed by atoms with Gasteiger partial charge in [-0.15, -0.1) is 0 Å². The van der Waals surface area contributed by atoms with E-state index in [1.165, 1.54) is 6.60 Å². The predicted octanol–water partition coefficient (Wildman–Crippen LogP) is 0.0748. The molecule has 2 heterocycles. The number of hydrogen-bond donors (Lipinski definition) is 0. The third-order valence-electron chi connectivity index (χ3n) is 0.899. The molecule has 0 spiro atoms. The van der Waals surface area contributed by atoms with E-state index in [1.54, 1.807) is 11.5 Å². The van der Waals surface area contributed by atoms with Crippen LogP contribution in [0.2, 0.25) is 0 Å². The van der Waals surface area contributed by atoms with E-state index in [0.717, 1.165) is 13.2 Å². The second kappa shape index (κ2) is 4.35. The second-order valence-corrected chi connectivity index (χ2v) is 38.3. The van der Waals surface area contributed by atoms with E-state index in [1.807, 2.05) is 0 Å². The van der Waals surface area contributed by atoms with Crippen molar-refractivity contribution < 1.29 is 0 Å². The Bertz CT molecular complexity index is 90.0. The molecule has 2 saturated heterocycles. The number of thioether (sulfide) groups is 2. The molecule has 0 saturated carbocycles. The molecule has 0 radical (unpaired) electrons. The molecule has 2 aliphatic rings. The first-order valence-corrected chi connectivity index (χ1v) is 22.1. The zero-order valence-electron chi connectivity index (χ0n) is 4.61. The molecule has 2 atom stereocenters. The third-order valence-corrected chi connectivity index (χ3v) is 46.9. The fraction of sp³-hybridized carbons (Fsp3) is 1.00. The zero-order chi connectivity index (χ0) is 6.10. The Kier molecular flexibility index (Phi) is 4.18. The number of rotatable bonds is 4. The Balaban J connectivity index is 1.46. The van der Waals surface area contributed by atoms with Crippen molar-refractivity contribution in [3.8, 4) is 0 Å². The summed E-state index contributed by atoms with van der Waals surface area (Å²) in [5.74, 6) is 3.13. The van der Waals surface area contributed by atoms with Crippen molar-refractivity contribution in [2.75, 3.05) is 11.5 Å². The molecule has 2 unspecified atom stereocenters. The van der Waals surface area contributed by atoms with Gasteiger partial charge < -0.3 is 0 Å². The van der Waals surface area contributed by atoms with E-state index in [-0.39, 0.29) is 0 Å². The van der Waals surface area contributed by atoms with Gasteiger partial charge >= 0.3 is 88.9 Å². The summed E-state index contributed by atoms with van der Waals surface area (Å²) in [5, 5.41) is 0. The third kappa shape index (κ3) is 4.01. The maximum atomic E-state index is 2.24. The fourth-order valence-electron chi connectivity index (χ4n) is 0.300. The molecule has 0 aromatic carbocycles. The van der Waals surface area contributed by atoms with E-state index in [9.17, 15) is 0 Å². The first kappa shape index (κ1) is 8.66. The van der Waals surface area contributed by atoms with E-state index in [2.05, 4.69) is 23.5 Å². The van der Waals surface area contributed by atoms with Gasteiger partial charge in [0.15, 0.2) is 0 Å². The van der Waals surface area contributed by atoms with Crippen LogP contribution in [0.5, 0.6) is 0 Å². The van der Waals surface area contributed by atoms with Crippen molar-refractivity contribution in [2.45, 2.75) is 6.60 Å². The SMILES string of the molecule is C1SC1[Te][Te][Te]C1CS1. The molecule has 0 aliphatic carbocycles. The minimum atomic E-state index is 0.662. The summed E-state index contributed by atoms with van der Waals surface area (Å²) >= 11 is 6.54. The molecule has 0 aromatic rings. The normalized spacial score (nSPS) is 38.7. The van der Waals surface area contributed by atoms with Gasteiger partial charge in [0.05, 0.1) is 0 Å². The van der Waals surface area contributed by atoms with E-state index < -0.39 is 0 Å². The maximum absolute atomic E-state index is 2.24. The van der Waals surface area contributed by atoms with E-state index in [4.69, 9.17) is 0 Å². The first-order chi connectivity index (χ1) is 4.45. The predicted molar refractivity (Wildman–Crippen MR) is 49.8 cm³/mol. The van der Waals surface area contributed by atoms with Gasteiger partial charge in [0.25, 0.3) is 0 Å². The van der Waals surface area contributed by atoms with Crippen LogP contribution in [0.4, 0.5) is 0 Å². The van der Waals surface area contributed by atoms with Crippen molar-refractivity contribution in [1.29, 1.82) is 0 Å². The molecule has 5 heteroatoms. The van der Waals surface area contributed by atoms with Gasteiger partial charge in [-0.1, -0.05) is 0 Å². The van der Waals surface area contributed by atoms with Gasteiger partial charge in [-0.25, -0.2) is 0 Å². The quantitative estimate of drug-likeness (QED) is 0.396. The van der Waals surface area contributed by atoms with Crippen LogP contribution >= 0.6 is 23.5 Å². The van der Waals surface area contributed by atoms with Crippen molar-refractivity contribution in [1.82, 2.24) is 0 Å². The van der Waals surface area contributed by atoms with Crippen molar-refractivity contribution in [3.63, 3.8) is 0 Å². The summed E-state index contributed by atoms with van der Waals surface area (Å²) in [6.45, 7) is 0. The summed E-state index contributed by atoms with van der Waals surface area (Å²) in [6.07, 6.45) is 0. The Hall–Kier alpha value is 3.07. The average Bonchev–Trinajstić information content (AvgIpc) is 2.57. The molecule has 2 aliphatic heterocycles. The van der Waals surface area contributed by atoms with Gasteiger partial charge in [0.2, 0.25) is 0 Å². The van der Waals surface area contributed by atoms with Crippen LogP contribution in [0.15, 0.2) is 0 Å². The van der Waals surface area contributed by atoms with Crippen LogP contribution < -0.4 is 0 Å². The molecule has 0 aromatic heterocycles. The van der Waals surface area contributed by atoms with Crippen LogP contribution in [0, 0.1) is 0 Å². The molecule has 9 heavy (non-hydrogen) atoms. The molecular formula is C4H6S2Te3. The van der Waals surface area contributed by atoms with E-state index >= 15 is 0 Å². The van der Waals surface area contributed by atoms with Gasteiger partial charge in [-0.05, 0) is 0 Å². The van der Waals surface area contributed by atoms with Crippen LogP contribution in [0.25, 0.3) is 0 Å². The van der Waals surface area contributed by atoms with Crippen LogP contribution in [-0.2, 0) is 0 Å². The molecule has 0 bridgehead atoms. The topological polar surface area (TPSA) is 0 Å². The average molecular weight is 501 g/mol. The van der Waals surface area contributed by atoms with Gasteiger partial charge in [0, 0.05) is 0 Å². The summed E-state index contributed by atoms with van der Waals surface area (Å²) in [6, 6.07) is 0. The minimum absolute atomic E-state index is 0.662. The Morgan fingerprint density at radius 2 is 1.44 bits per heavy atom. The molecule has 52 valence electrons. The fourth-order valence-corrected chi connectivity index (χ4v) is 69.2. The summed E-state index contributed by atoms with van der Waals surface area (Å²) in [5.41, 5.74) is 0. The standard InChI is InChI=1S/C4H6S2Te3/c1-3(5-1)7-9-8-4-2-6-4/h3-4H,1-2H2. The monoisotopic (exact) mass is 508 g/mol. The second-order valence-electron chi connectivity index (χ2n) is 1.79. The molecule has 0 nitrogen and oxygen atoms in total. The summed E-state index contributed by atoms with van der Waals surface area (Å²) in [7, 11) is 0. The Morgan fingerprint density at radius 1 is 1.00 bits per heavy atom. The van der Waals surface area contributed by atoms with Crippen LogP contribution in [0.3, 0.4) is 0 Å². The number of hydrogen-bond acceptors (Lipinski definition) is 2. The molecule has 0 amide bonds. The van der Waals surface area contributed by atoms with Gasteiger partial charge in [-0.3, -0.25) is 0 Å². The van der Waals surface area contributed by atoms with Crippen LogP contribution in [0.1, 0.15) is 0 Å². The van der Waals surface area contributed by atoms with Crippen molar-refractivity contribution >= 4 is 70.8 Å². The summed E-state index contributed by atoms with van der Waals surface area (Å²) in [4.78, 5) is 0. The summed E-state index contributed by atoms with van der Waals surface area (Å²) < 4.78 is 2.60. The Morgan fingerprint density at radius 3 is 1.78 bits per heavy atom. The molecular weight excluding hydrogens is 495 g/mol. The Labute approximate surface area is 87.0 Å². The molecule has 2 fully saturated rings. The first-order valence-electron chi connectivity index (χ1n) is 2.67. The van der Waals surface area contributed by atoms with Gasteiger partial charge in [0.1, 0.15) is 0 Å². The van der Waals surface area contributed by atoms with E-state index in [0.29, 0.717) is 34.1 Å². The molecule has 2 rings (SSSR count). The molecule has 0 N–H and O–H groups in total.